The van der Waals surface area contributed by atoms with Gasteiger partial charge in [0.05, 0.1) is 15.7 Å². The highest BCUT2D eigenvalue weighted by atomic mass is 35.5. The van der Waals surface area contributed by atoms with Crippen molar-refractivity contribution in [3.63, 3.8) is 0 Å². The summed E-state index contributed by atoms with van der Waals surface area (Å²) in [7, 11) is -3.69. The number of sulfonamides is 1. The molecule has 1 aromatic heterocycles. The van der Waals surface area contributed by atoms with E-state index in [1.54, 1.807) is 23.5 Å². The van der Waals surface area contributed by atoms with Crippen molar-refractivity contribution in [3.05, 3.63) is 63.5 Å². The Hall–Kier alpha value is -1.64. The van der Waals surface area contributed by atoms with Crippen molar-refractivity contribution in [1.29, 1.82) is 0 Å². The summed E-state index contributed by atoms with van der Waals surface area (Å²) in [6, 6.07) is 12.9. The molecule has 5 nitrogen and oxygen atoms in total. The average Bonchev–Trinajstić information content (AvgIpc) is 3.21. The van der Waals surface area contributed by atoms with Gasteiger partial charge in [-0.2, -0.15) is 4.31 Å². The summed E-state index contributed by atoms with van der Waals surface area (Å²) in [5, 5.41) is 3.24. The maximum Gasteiger partial charge on any atom is 0.244 e. The molecule has 0 bridgehead atoms. The van der Waals surface area contributed by atoms with Gasteiger partial charge in [0.2, 0.25) is 10.0 Å². The number of nitrogens with zero attached hydrogens (tertiary/aromatic N) is 3. The van der Waals surface area contributed by atoms with Crippen LogP contribution in [0.4, 0.5) is 5.13 Å². The summed E-state index contributed by atoms with van der Waals surface area (Å²) in [6.45, 7) is 3.92. The van der Waals surface area contributed by atoms with Crippen molar-refractivity contribution in [2.75, 3.05) is 31.1 Å². The lowest BCUT2D eigenvalue weighted by Crippen LogP contribution is -2.48. The molecule has 0 spiro atoms. The second-order valence-electron chi connectivity index (χ2n) is 6.82. The summed E-state index contributed by atoms with van der Waals surface area (Å²) in [5.41, 5.74) is 3.22. The first-order chi connectivity index (χ1) is 13.9. The molecule has 2 heterocycles. The number of anilines is 1. The van der Waals surface area contributed by atoms with Crippen LogP contribution in [0.2, 0.25) is 10.0 Å². The quantitative estimate of drug-likeness (QED) is 0.545. The number of thiazole rings is 1. The second kappa shape index (κ2) is 8.24. The van der Waals surface area contributed by atoms with Gasteiger partial charge in [-0.05, 0) is 19.1 Å². The van der Waals surface area contributed by atoms with E-state index in [1.165, 1.54) is 15.9 Å². The van der Waals surface area contributed by atoms with Gasteiger partial charge in [-0.15, -0.1) is 11.3 Å². The van der Waals surface area contributed by atoms with Gasteiger partial charge in [0.25, 0.3) is 0 Å². The minimum absolute atomic E-state index is 0.0519. The van der Waals surface area contributed by atoms with Gasteiger partial charge in [0.15, 0.2) is 5.13 Å². The monoisotopic (exact) mass is 467 g/mol. The van der Waals surface area contributed by atoms with Gasteiger partial charge in [-0.1, -0.05) is 59.1 Å². The first-order valence-corrected chi connectivity index (χ1v) is 12.2. The van der Waals surface area contributed by atoms with Crippen LogP contribution in [0.5, 0.6) is 0 Å². The molecule has 9 heteroatoms. The van der Waals surface area contributed by atoms with Crippen molar-refractivity contribution in [3.8, 4) is 11.3 Å². The van der Waals surface area contributed by atoms with E-state index in [-0.39, 0.29) is 14.9 Å². The highest BCUT2D eigenvalue weighted by Gasteiger charge is 2.31. The maximum atomic E-state index is 13.0. The van der Waals surface area contributed by atoms with Crippen LogP contribution in [0.3, 0.4) is 0 Å². The maximum absolute atomic E-state index is 13.0. The smallest absolute Gasteiger partial charge is 0.244 e. The summed E-state index contributed by atoms with van der Waals surface area (Å²) in [4.78, 5) is 6.91. The van der Waals surface area contributed by atoms with Crippen LogP contribution in [0, 0.1) is 6.92 Å². The van der Waals surface area contributed by atoms with Gasteiger partial charge in [0.1, 0.15) is 4.90 Å². The van der Waals surface area contributed by atoms with Crippen LogP contribution in [-0.4, -0.2) is 43.9 Å². The Morgan fingerprint density at radius 1 is 1.00 bits per heavy atom. The van der Waals surface area contributed by atoms with Crippen molar-refractivity contribution in [2.45, 2.75) is 11.8 Å². The van der Waals surface area contributed by atoms with Crippen molar-refractivity contribution < 1.29 is 8.42 Å². The molecule has 0 aliphatic carbocycles. The average molecular weight is 468 g/mol. The molecule has 0 saturated carbocycles. The highest BCUT2D eigenvalue weighted by Crippen LogP contribution is 2.32. The molecule has 152 valence electrons. The SMILES string of the molecule is Cc1ccc(-c2csc(N3CCN(S(=O)(=O)c4cccc(Cl)c4Cl)CC3)n2)cc1. The fourth-order valence-corrected chi connectivity index (χ4v) is 6.26. The van der Waals surface area contributed by atoms with E-state index in [4.69, 9.17) is 28.2 Å². The van der Waals surface area contributed by atoms with Crippen LogP contribution in [-0.2, 0) is 10.0 Å². The van der Waals surface area contributed by atoms with Crippen molar-refractivity contribution in [1.82, 2.24) is 9.29 Å². The Balaban J connectivity index is 1.47. The van der Waals surface area contributed by atoms with Crippen molar-refractivity contribution in [2.24, 2.45) is 0 Å². The van der Waals surface area contributed by atoms with E-state index in [2.05, 4.69) is 36.1 Å². The molecule has 4 rings (SSSR count). The molecule has 2 aromatic carbocycles. The largest absolute Gasteiger partial charge is 0.345 e. The molecule has 0 atom stereocenters. The van der Waals surface area contributed by atoms with E-state index in [1.807, 2.05) is 5.38 Å². The van der Waals surface area contributed by atoms with Gasteiger partial charge in [-0.25, -0.2) is 13.4 Å². The Labute approximate surface area is 184 Å². The third-order valence-corrected chi connectivity index (χ3v) is 8.66. The number of rotatable bonds is 4. The molecular formula is C20H19Cl2N3O2S2. The number of hydrogen-bond donors (Lipinski definition) is 0. The minimum atomic E-state index is -3.69. The number of halogens is 2. The minimum Gasteiger partial charge on any atom is -0.345 e. The molecule has 0 unspecified atom stereocenters. The summed E-state index contributed by atoms with van der Waals surface area (Å²) < 4.78 is 27.4. The van der Waals surface area contributed by atoms with Crippen LogP contribution in [0.15, 0.2) is 52.7 Å². The van der Waals surface area contributed by atoms with Crippen LogP contribution >= 0.6 is 34.5 Å². The first kappa shape index (κ1) is 20.6. The lowest BCUT2D eigenvalue weighted by atomic mass is 10.1. The zero-order chi connectivity index (χ0) is 20.6. The van der Waals surface area contributed by atoms with E-state index < -0.39 is 10.0 Å². The second-order valence-corrected chi connectivity index (χ2v) is 10.4. The molecule has 1 aliphatic rings. The molecule has 1 fully saturated rings. The predicted octanol–water partition coefficient (Wildman–Crippen LogP) is 4.94. The molecule has 1 aliphatic heterocycles. The Morgan fingerprint density at radius 3 is 2.38 bits per heavy atom. The predicted molar refractivity (Wildman–Crippen MR) is 120 cm³/mol. The topological polar surface area (TPSA) is 53.5 Å². The summed E-state index contributed by atoms with van der Waals surface area (Å²) in [6.07, 6.45) is 0. The normalized spacial score (nSPS) is 15.6. The molecule has 0 N–H and O–H groups in total. The van der Waals surface area contributed by atoms with E-state index >= 15 is 0 Å². The third kappa shape index (κ3) is 4.15. The summed E-state index contributed by atoms with van der Waals surface area (Å²) in [5.74, 6) is 0. The summed E-state index contributed by atoms with van der Waals surface area (Å²) >= 11 is 13.7. The zero-order valence-electron chi connectivity index (χ0n) is 15.7. The van der Waals surface area contributed by atoms with Gasteiger partial charge >= 0.3 is 0 Å². The first-order valence-electron chi connectivity index (χ1n) is 9.08. The van der Waals surface area contributed by atoms with Gasteiger partial charge in [-0.3, -0.25) is 0 Å². The fraction of sp³-hybridized carbons (Fsp3) is 0.250. The van der Waals surface area contributed by atoms with E-state index in [0.717, 1.165) is 16.4 Å². The highest BCUT2D eigenvalue weighted by molar-refractivity contribution is 7.89. The van der Waals surface area contributed by atoms with E-state index in [0.29, 0.717) is 26.2 Å². The van der Waals surface area contributed by atoms with Gasteiger partial charge < -0.3 is 4.90 Å². The molecule has 3 aromatic rings. The number of benzene rings is 2. The molecule has 1 saturated heterocycles. The Morgan fingerprint density at radius 2 is 1.69 bits per heavy atom. The lowest BCUT2D eigenvalue weighted by Gasteiger charge is -2.34. The Kier molecular flexibility index (Phi) is 5.86. The Bertz CT molecular complexity index is 1120. The standard InChI is InChI=1S/C20H19Cl2N3O2S2/c1-14-5-7-15(8-6-14)17-13-28-20(23-17)24-9-11-25(12-10-24)29(26,27)18-4-2-3-16(21)19(18)22/h2-8,13H,9-12H2,1H3. The van der Waals surface area contributed by atoms with Crippen molar-refractivity contribution >= 4 is 49.7 Å². The number of aryl methyl sites for hydroxylation is 1. The molecule has 0 amide bonds. The molecule has 0 radical (unpaired) electrons. The number of piperazine rings is 1. The van der Waals surface area contributed by atoms with Gasteiger partial charge in [0, 0.05) is 37.1 Å². The third-order valence-electron chi connectivity index (χ3n) is 4.88. The van der Waals surface area contributed by atoms with E-state index in [9.17, 15) is 8.42 Å². The number of hydrogen-bond acceptors (Lipinski definition) is 5. The van der Waals surface area contributed by atoms with Crippen LogP contribution in [0.1, 0.15) is 5.56 Å². The lowest BCUT2D eigenvalue weighted by molar-refractivity contribution is 0.385. The fourth-order valence-electron chi connectivity index (χ4n) is 3.21. The number of aromatic nitrogens is 1. The molecular weight excluding hydrogens is 449 g/mol. The zero-order valence-corrected chi connectivity index (χ0v) is 18.8. The van der Waals surface area contributed by atoms with Crippen LogP contribution in [0.25, 0.3) is 11.3 Å². The molecule has 29 heavy (non-hydrogen) atoms. The van der Waals surface area contributed by atoms with Crippen LogP contribution < -0.4 is 4.90 Å².